The number of carboxylic acids is 1. The lowest BCUT2D eigenvalue weighted by atomic mass is 9.82. The van der Waals surface area contributed by atoms with E-state index in [1.807, 2.05) is 0 Å². The third-order valence-corrected chi connectivity index (χ3v) is 5.90. The standard InChI is InChI=1S/C22H40O4/c1-5-7-8-10-17(9-6-2)15-20(16(3)4)26-22(25)19-13-11-18(12-14-19)21(23)24/h16-20H,5-15H2,1-4H3,(H,23,24). The molecule has 2 unspecified atom stereocenters. The summed E-state index contributed by atoms with van der Waals surface area (Å²) in [7, 11) is 0. The molecule has 1 aliphatic carbocycles. The van der Waals surface area contributed by atoms with Crippen LogP contribution in [0.1, 0.15) is 98.3 Å². The van der Waals surface area contributed by atoms with E-state index in [1.54, 1.807) is 0 Å². The lowest BCUT2D eigenvalue weighted by molar-refractivity contribution is -0.160. The maximum atomic E-state index is 12.6. The first kappa shape index (κ1) is 23.0. The zero-order valence-electron chi connectivity index (χ0n) is 17.3. The molecule has 0 bridgehead atoms. The van der Waals surface area contributed by atoms with Gasteiger partial charge in [-0.2, -0.15) is 0 Å². The third-order valence-electron chi connectivity index (χ3n) is 5.90. The predicted octanol–water partition coefficient (Wildman–Crippen LogP) is 5.83. The zero-order chi connectivity index (χ0) is 19.5. The van der Waals surface area contributed by atoms with Gasteiger partial charge in [0.15, 0.2) is 0 Å². The summed E-state index contributed by atoms with van der Waals surface area (Å²) in [6.45, 7) is 8.72. The van der Waals surface area contributed by atoms with Crippen molar-refractivity contribution in [3.8, 4) is 0 Å². The molecule has 1 N–H and O–H groups in total. The summed E-state index contributed by atoms with van der Waals surface area (Å²) >= 11 is 0. The molecule has 2 atom stereocenters. The fourth-order valence-electron chi connectivity index (χ4n) is 4.08. The van der Waals surface area contributed by atoms with Gasteiger partial charge in [0, 0.05) is 0 Å². The summed E-state index contributed by atoms with van der Waals surface area (Å²) in [5, 5.41) is 9.10. The topological polar surface area (TPSA) is 63.6 Å². The summed E-state index contributed by atoms with van der Waals surface area (Å²) in [4.78, 5) is 23.7. The number of ether oxygens (including phenoxy) is 1. The largest absolute Gasteiger partial charge is 0.481 e. The van der Waals surface area contributed by atoms with Crippen molar-refractivity contribution in [3.05, 3.63) is 0 Å². The number of hydrogen-bond acceptors (Lipinski definition) is 3. The van der Waals surface area contributed by atoms with Crippen molar-refractivity contribution in [3.63, 3.8) is 0 Å². The maximum Gasteiger partial charge on any atom is 0.309 e. The van der Waals surface area contributed by atoms with Crippen LogP contribution < -0.4 is 0 Å². The molecule has 1 saturated carbocycles. The van der Waals surface area contributed by atoms with Crippen LogP contribution in [0.2, 0.25) is 0 Å². The molecule has 0 saturated heterocycles. The van der Waals surface area contributed by atoms with Crippen molar-refractivity contribution in [2.45, 2.75) is 104 Å². The molecule has 1 aliphatic rings. The third kappa shape index (κ3) is 8.09. The van der Waals surface area contributed by atoms with Crippen LogP contribution in [0.4, 0.5) is 0 Å². The second kappa shape index (κ2) is 12.3. The highest BCUT2D eigenvalue weighted by Crippen LogP contribution is 2.32. The first-order valence-electron chi connectivity index (χ1n) is 10.8. The number of carboxylic acid groups (broad SMARTS) is 1. The van der Waals surface area contributed by atoms with Gasteiger partial charge in [-0.15, -0.1) is 0 Å². The molecular weight excluding hydrogens is 328 g/mol. The first-order valence-corrected chi connectivity index (χ1v) is 10.8. The highest BCUT2D eigenvalue weighted by molar-refractivity contribution is 5.74. The molecule has 0 spiro atoms. The molecular formula is C22H40O4. The Bertz CT molecular complexity index is 410. The molecule has 152 valence electrons. The van der Waals surface area contributed by atoms with E-state index in [2.05, 4.69) is 27.7 Å². The van der Waals surface area contributed by atoms with Gasteiger partial charge in [-0.3, -0.25) is 9.59 Å². The maximum absolute atomic E-state index is 12.6. The average molecular weight is 369 g/mol. The number of hydrogen-bond donors (Lipinski definition) is 1. The van der Waals surface area contributed by atoms with E-state index in [0.29, 0.717) is 37.5 Å². The van der Waals surface area contributed by atoms with Crippen LogP contribution in [0.3, 0.4) is 0 Å². The van der Waals surface area contributed by atoms with Gasteiger partial charge < -0.3 is 9.84 Å². The SMILES string of the molecule is CCCCCC(CCC)CC(OC(=O)C1CCC(C(=O)O)CC1)C(C)C. The number of aliphatic carboxylic acids is 1. The summed E-state index contributed by atoms with van der Waals surface area (Å²) in [6, 6.07) is 0. The van der Waals surface area contributed by atoms with Crippen molar-refractivity contribution in [2.75, 3.05) is 0 Å². The molecule has 0 radical (unpaired) electrons. The first-order chi connectivity index (χ1) is 12.4. The molecule has 0 heterocycles. The van der Waals surface area contributed by atoms with Crippen LogP contribution in [0.5, 0.6) is 0 Å². The Labute approximate surface area is 160 Å². The Morgan fingerprint density at radius 3 is 2.08 bits per heavy atom. The molecule has 4 nitrogen and oxygen atoms in total. The van der Waals surface area contributed by atoms with Gasteiger partial charge in [-0.25, -0.2) is 0 Å². The molecule has 1 rings (SSSR count). The summed E-state index contributed by atoms with van der Waals surface area (Å²) in [5.41, 5.74) is 0. The summed E-state index contributed by atoms with van der Waals surface area (Å²) in [5.74, 6) is -0.277. The van der Waals surface area contributed by atoms with Gasteiger partial charge in [0.2, 0.25) is 0 Å². The normalized spacial score (nSPS) is 22.8. The Morgan fingerprint density at radius 2 is 1.58 bits per heavy atom. The summed E-state index contributed by atoms with van der Waals surface area (Å²) in [6.07, 6.45) is 10.8. The fourth-order valence-corrected chi connectivity index (χ4v) is 4.08. The van der Waals surface area contributed by atoms with E-state index in [0.717, 1.165) is 6.42 Å². The average Bonchev–Trinajstić information content (AvgIpc) is 2.61. The van der Waals surface area contributed by atoms with Crippen LogP contribution in [-0.4, -0.2) is 23.1 Å². The molecule has 4 heteroatoms. The second-order valence-electron chi connectivity index (χ2n) is 8.49. The molecule has 0 aromatic heterocycles. The van der Waals surface area contributed by atoms with E-state index in [9.17, 15) is 9.59 Å². The van der Waals surface area contributed by atoms with Gasteiger partial charge in [-0.05, 0) is 43.9 Å². The number of rotatable bonds is 12. The van der Waals surface area contributed by atoms with Crippen LogP contribution in [0, 0.1) is 23.7 Å². The second-order valence-corrected chi connectivity index (χ2v) is 8.49. The molecule has 0 amide bonds. The van der Waals surface area contributed by atoms with Crippen LogP contribution in [0.25, 0.3) is 0 Å². The van der Waals surface area contributed by atoms with E-state index in [1.165, 1.54) is 38.5 Å². The van der Waals surface area contributed by atoms with Gasteiger partial charge in [0.1, 0.15) is 6.10 Å². The van der Waals surface area contributed by atoms with E-state index < -0.39 is 5.97 Å². The minimum atomic E-state index is -0.730. The summed E-state index contributed by atoms with van der Waals surface area (Å²) < 4.78 is 5.94. The predicted molar refractivity (Wildman–Crippen MR) is 105 cm³/mol. The minimum absolute atomic E-state index is 0.0159. The quantitative estimate of drug-likeness (QED) is 0.347. The zero-order valence-corrected chi connectivity index (χ0v) is 17.3. The Morgan fingerprint density at radius 1 is 0.962 bits per heavy atom. The molecule has 0 aromatic rings. The van der Waals surface area contributed by atoms with Gasteiger partial charge in [0.05, 0.1) is 11.8 Å². The number of carbonyl (C=O) groups is 2. The van der Waals surface area contributed by atoms with Crippen molar-refractivity contribution < 1.29 is 19.4 Å². The highest BCUT2D eigenvalue weighted by Gasteiger charge is 2.32. The van der Waals surface area contributed by atoms with Gasteiger partial charge in [-0.1, -0.05) is 66.2 Å². The monoisotopic (exact) mass is 368 g/mol. The lowest BCUT2D eigenvalue weighted by Gasteiger charge is -2.30. The van der Waals surface area contributed by atoms with E-state index >= 15 is 0 Å². The van der Waals surface area contributed by atoms with Gasteiger partial charge >= 0.3 is 11.9 Å². The number of esters is 1. The van der Waals surface area contributed by atoms with Gasteiger partial charge in [0.25, 0.3) is 0 Å². The van der Waals surface area contributed by atoms with Crippen molar-refractivity contribution in [1.29, 1.82) is 0 Å². The Balaban J connectivity index is 2.54. The van der Waals surface area contributed by atoms with Crippen molar-refractivity contribution in [1.82, 2.24) is 0 Å². The Hall–Kier alpha value is -1.06. The molecule has 26 heavy (non-hydrogen) atoms. The molecule has 1 fully saturated rings. The fraction of sp³-hybridized carbons (Fsp3) is 0.909. The van der Waals surface area contributed by atoms with E-state index in [-0.39, 0.29) is 23.9 Å². The smallest absolute Gasteiger partial charge is 0.309 e. The van der Waals surface area contributed by atoms with E-state index in [4.69, 9.17) is 9.84 Å². The van der Waals surface area contributed by atoms with Crippen LogP contribution in [0.15, 0.2) is 0 Å². The number of carbonyl (C=O) groups excluding carboxylic acids is 1. The van der Waals surface area contributed by atoms with Crippen LogP contribution >= 0.6 is 0 Å². The van der Waals surface area contributed by atoms with Crippen molar-refractivity contribution in [2.24, 2.45) is 23.7 Å². The number of unbranched alkanes of at least 4 members (excludes halogenated alkanes) is 2. The molecule has 0 aromatic carbocycles. The Kier molecular flexibility index (Phi) is 10.9. The highest BCUT2D eigenvalue weighted by atomic mass is 16.5. The lowest BCUT2D eigenvalue weighted by Crippen LogP contribution is -2.32. The minimum Gasteiger partial charge on any atom is -0.481 e. The van der Waals surface area contributed by atoms with Crippen LogP contribution in [-0.2, 0) is 14.3 Å². The van der Waals surface area contributed by atoms with Crippen molar-refractivity contribution >= 4 is 11.9 Å². The molecule has 0 aliphatic heterocycles.